The number of halogens is 1. The minimum atomic E-state index is -0.874. The minimum Gasteiger partial charge on any atom is -0.485 e. The summed E-state index contributed by atoms with van der Waals surface area (Å²) in [4.78, 5) is 10.6. The molecule has 0 unspecified atom stereocenters. The van der Waals surface area contributed by atoms with Gasteiger partial charge in [-0.3, -0.25) is 14.8 Å². The van der Waals surface area contributed by atoms with Gasteiger partial charge in [-0.1, -0.05) is 15.9 Å². The van der Waals surface area contributed by atoms with Crippen LogP contribution in [0.25, 0.3) is 0 Å². The average Bonchev–Trinajstić information content (AvgIpc) is 2.92. The lowest BCUT2D eigenvalue weighted by Gasteiger charge is -2.14. The van der Waals surface area contributed by atoms with Crippen LogP contribution >= 0.6 is 15.9 Å². The van der Waals surface area contributed by atoms with Gasteiger partial charge in [-0.2, -0.15) is 5.10 Å². The summed E-state index contributed by atoms with van der Waals surface area (Å²) in [6.45, 7) is 2.20. The standard InChI is InChI=1S/C13H14BrN3O4/c1-9(18)11-7-10(14)8-12(17(19)20)13(11)21-6-5-16-4-2-3-15-16/h2-4,7-9,18H,5-6H2,1H3/t9-/m1/s1. The van der Waals surface area contributed by atoms with Crippen molar-refractivity contribution in [3.05, 3.63) is 50.7 Å². The van der Waals surface area contributed by atoms with Crippen LogP contribution in [0.5, 0.6) is 5.75 Å². The Morgan fingerprint density at radius 3 is 2.90 bits per heavy atom. The van der Waals surface area contributed by atoms with Crippen LogP contribution in [0.3, 0.4) is 0 Å². The van der Waals surface area contributed by atoms with Crippen molar-refractivity contribution in [1.82, 2.24) is 9.78 Å². The highest BCUT2D eigenvalue weighted by atomic mass is 79.9. The molecule has 0 saturated carbocycles. The van der Waals surface area contributed by atoms with Crippen LogP contribution in [-0.4, -0.2) is 26.4 Å². The van der Waals surface area contributed by atoms with E-state index in [1.165, 1.54) is 13.0 Å². The van der Waals surface area contributed by atoms with E-state index in [0.717, 1.165) is 0 Å². The Balaban J connectivity index is 2.24. The zero-order valence-electron chi connectivity index (χ0n) is 11.3. The lowest BCUT2D eigenvalue weighted by molar-refractivity contribution is -0.386. The third-order valence-electron chi connectivity index (χ3n) is 2.84. The second-order valence-corrected chi connectivity index (χ2v) is 5.31. The van der Waals surface area contributed by atoms with E-state index in [1.54, 1.807) is 29.2 Å². The smallest absolute Gasteiger partial charge is 0.312 e. The molecule has 0 saturated heterocycles. The molecule has 0 aliphatic carbocycles. The number of hydrogen-bond acceptors (Lipinski definition) is 5. The summed E-state index contributed by atoms with van der Waals surface area (Å²) in [7, 11) is 0. The molecule has 112 valence electrons. The van der Waals surface area contributed by atoms with Crippen molar-refractivity contribution >= 4 is 21.6 Å². The van der Waals surface area contributed by atoms with E-state index in [2.05, 4.69) is 21.0 Å². The second kappa shape index (κ2) is 6.68. The molecule has 7 nitrogen and oxygen atoms in total. The normalized spacial score (nSPS) is 12.1. The Kier molecular flexibility index (Phi) is 4.92. The number of aliphatic hydroxyl groups is 1. The maximum atomic E-state index is 11.1. The molecule has 1 heterocycles. The van der Waals surface area contributed by atoms with Gasteiger partial charge in [-0.25, -0.2) is 0 Å². The molecule has 21 heavy (non-hydrogen) atoms. The van der Waals surface area contributed by atoms with Crippen LogP contribution in [0, 0.1) is 10.1 Å². The third kappa shape index (κ3) is 3.79. The van der Waals surface area contributed by atoms with E-state index < -0.39 is 11.0 Å². The summed E-state index contributed by atoms with van der Waals surface area (Å²) < 4.78 is 7.71. The van der Waals surface area contributed by atoms with Crippen LogP contribution in [0.15, 0.2) is 35.1 Å². The van der Waals surface area contributed by atoms with Crippen LogP contribution < -0.4 is 4.74 Å². The topological polar surface area (TPSA) is 90.4 Å². The fourth-order valence-electron chi connectivity index (χ4n) is 1.88. The number of rotatable bonds is 6. The predicted octanol–water partition coefficient (Wildman–Crippen LogP) is 2.69. The van der Waals surface area contributed by atoms with Gasteiger partial charge >= 0.3 is 5.69 Å². The summed E-state index contributed by atoms with van der Waals surface area (Å²) in [5.74, 6) is 0.0883. The number of hydrogen-bond donors (Lipinski definition) is 1. The molecule has 1 aromatic heterocycles. The molecular formula is C13H14BrN3O4. The fourth-order valence-corrected chi connectivity index (χ4v) is 2.34. The highest BCUT2D eigenvalue weighted by Crippen LogP contribution is 2.37. The van der Waals surface area contributed by atoms with Gasteiger partial charge in [0.05, 0.1) is 17.6 Å². The van der Waals surface area contributed by atoms with Gasteiger partial charge in [0.25, 0.3) is 0 Å². The van der Waals surface area contributed by atoms with Crippen LogP contribution in [0.1, 0.15) is 18.6 Å². The molecule has 2 aromatic rings. The zero-order chi connectivity index (χ0) is 15.4. The van der Waals surface area contributed by atoms with Crippen molar-refractivity contribution in [2.24, 2.45) is 0 Å². The molecule has 1 N–H and O–H groups in total. The van der Waals surface area contributed by atoms with Crippen molar-refractivity contribution in [3.63, 3.8) is 0 Å². The summed E-state index contributed by atoms with van der Waals surface area (Å²) in [5.41, 5.74) is 0.192. The lowest BCUT2D eigenvalue weighted by atomic mass is 10.1. The van der Waals surface area contributed by atoms with Gasteiger partial charge in [0.2, 0.25) is 5.75 Å². The predicted molar refractivity (Wildman–Crippen MR) is 79.2 cm³/mol. The van der Waals surface area contributed by atoms with Crippen molar-refractivity contribution in [2.45, 2.75) is 19.6 Å². The maximum Gasteiger partial charge on any atom is 0.312 e. The molecule has 0 fully saturated rings. The quantitative estimate of drug-likeness (QED) is 0.635. The molecule has 0 bridgehead atoms. The highest BCUT2D eigenvalue weighted by molar-refractivity contribution is 9.10. The minimum absolute atomic E-state index is 0.0883. The molecule has 0 aliphatic rings. The Labute approximate surface area is 129 Å². The Bertz CT molecular complexity index is 629. The van der Waals surface area contributed by atoms with Gasteiger partial charge in [0, 0.05) is 28.5 Å². The number of nitrogens with zero attached hydrogens (tertiary/aromatic N) is 3. The van der Waals surface area contributed by atoms with Crippen molar-refractivity contribution < 1.29 is 14.8 Å². The van der Waals surface area contributed by atoms with Crippen molar-refractivity contribution in [2.75, 3.05) is 6.61 Å². The molecule has 1 atom stereocenters. The van der Waals surface area contributed by atoms with E-state index in [4.69, 9.17) is 4.74 Å². The molecular weight excluding hydrogens is 342 g/mol. The molecule has 0 amide bonds. The third-order valence-corrected chi connectivity index (χ3v) is 3.29. The van der Waals surface area contributed by atoms with Gasteiger partial charge < -0.3 is 9.84 Å². The van der Waals surface area contributed by atoms with Gasteiger partial charge in [0.1, 0.15) is 6.61 Å². The molecule has 2 rings (SSSR count). The van der Waals surface area contributed by atoms with Crippen molar-refractivity contribution in [3.8, 4) is 5.75 Å². The molecule has 0 aliphatic heterocycles. The largest absolute Gasteiger partial charge is 0.485 e. The first-order valence-corrected chi connectivity index (χ1v) is 7.04. The van der Waals surface area contributed by atoms with Crippen LogP contribution in [0.4, 0.5) is 5.69 Å². The number of aliphatic hydroxyl groups excluding tert-OH is 1. The van der Waals surface area contributed by atoms with Gasteiger partial charge in [-0.05, 0) is 19.1 Å². The first kappa shape index (κ1) is 15.5. The number of nitro groups is 1. The van der Waals surface area contributed by atoms with Crippen molar-refractivity contribution in [1.29, 1.82) is 0 Å². The SMILES string of the molecule is C[C@@H](O)c1cc(Br)cc([N+](=O)[O-])c1OCCn1cccn1. The maximum absolute atomic E-state index is 11.1. The van der Waals surface area contributed by atoms with E-state index in [0.29, 0.717) is 16.6 Å². The van der Waals surface area contributed by atoms with Crippen LogP contribution in [0.2, 0.25) is 0 Å². The second-order valence-electron chi connectivity index (χ2n) is 4.39. The summed E-state index contributed by atoms with van der Waals surface area (Å²) in [6.07, 6.45) is 2.54. The summed E-state index contributed by atoms with van der Waals surface area (Å²) in [5, 5.41) is 24.9. The molecule has 0 radical (unpaired) electrons. The summed E-state index contributed by atoms with van der Waals surface area (Å²) >= 11 is 3.20. The number of ether oxygens (including phenoxy) is 1. The molecule has 1 aromatic carbocycles. The van der Waals surface area contributed by atoms with Crippen LogP contribution in [-0.2, 0) is 6.54 Å². The van der Waals surface area contributed by atoms with Gasteiger partial charge in [-0.15, -0.1) is 0 Å². The van der Waals surface area contributed by atoms with E-state index in [1.807, 2.05) is 0 Å². The number of benzene rings is 1. The lowest BCUT2D eigenvalue weighted by Crippen LogP contribution is -2.11. The molecule has 8 heteroatoms. The first-order valence-electron chi connectivity index (χ1n) is 6.25. The zero-order valence-corrected chi connectivity index (χ0v) is 12.9. The first-order chi connectivity index (χ1) is 9.99. The molecule has 0 spiro atoms. The number of aromatic nitrogens is 2. The Hall–Kier alpha value is -1.93. The van der Waals surface area contributed by atoms with Gasteiger partial charge in [0.15, 0.2) is 0 Å². The highest BCUT2D eigenvalue weighted by Gasteiger charge is 2.23. The monoisotopic (exact) mass is 355 g/mol. The van der Waals surface area contributed by atoms with E-state index in [-0.39, 0.29) is 18.0 Å². The number of nitro benzene ring substituents is 1. The Morgan fingerprint density at radius 2 is 2.33 bits per heavy atom. The summed E-state index contributed by atoms with van der Waals surface area (Å²) in [6, 6.07) is 4.75. The fraction of sp³-hybridized carbons (Fsp3) is 0.308. The average molecular weight is 356 g/mol. The van der Waals surface area contributed by atoms with E-state index in [9.17, 15) is 15.2 Å². The van der Waals surface area contributed by atoms with E-state index >= 15 is 0 Å². The Morgan fingerprint density at radius 1 is 1.57 bits per heavy atom.